The van der Waals surface area contributed by atoms with E-state index in [1.165, 1.54) is 0 Å². The quantitative estimate of drug-likeness (QED) is 0.399. The van der Waals surface area contributed by atoms with Gasteiger partial charge in [0.1, 0.15) is 6.61 Å². The summed E-state index contributed by atoms with van der Waals surface area (Å²) in [4.78, 5) is 0. The number of nitrogens with one attached hydrogen (secondary N) is 1. The number of anilines is 1. The zero-order chi connectivity index (χ0) is 18.9. The van der Waals surface area contributed by atoms with Crippen molar-refractivity contribution in [1.29, 1.82) is 0 Å². The van der Waals surface area contributed by atoms with Crippen molar-refractivity contribution in [1.82, 2.24) is 0 Å². The Bertz CT molecular complexity index is 898. The molecule has 0 heterocycles. The highest BCUT2D eigenvalue weighted by Gasteiger charge is 2.07. The van der Waals surface area contributed by atoms with Crippen molar-refractivity contribution < 1.29 is 9.47 Å². The van der Waals surface area contributed by atoms with Crippen molar-refractivity contribution in [2.45, 2.75) is 13.5 Å². The Morgan fingerprint density at radius 1 is 0.926 bits per heavy atom. The van der Waals surface area contributed by atoms with Gasteiger partial charge in [-0.15, -0.1) is 0 Å². The van der Waals surface area contributed by atoms with Gasteiger partial charge in [0.2, 0.25) is 0 Å². The number of hydrogen-bond donors (Lipinski definition) is 1. The van der Waals surface area contributed by atoms with Crippen LogP contribution in [0.4, 0.5) is 5.69 Å². The summed E-state index contributed by atoms with van der Waals surface area (Å²) in [5, 5.41) is 4.95. The first-order chi connectivity index (χ1) is 13.2. The molecule has 0 saturated heterocycles. The number of rotatable bonds is 8. The van der Waals surface area contributed by atoms with Crippen LogP contribution in [0, 0.1) is 0 Å². The minimum Gasteiger partial charge on any atom is -0.490 e. The van der Waals surface area contributed by atoms with Gasteiger partial charge in [0.05, 0.1) is 18.5 Å². The van der Waals surface area contributed by atoms with Gasteiger partial charge in [-0.3, -0.25) is 5.43 Å². The van der Waals surface area contributed by atoms with Gasteiger partial charge < -0.3 is 9.47 Å². The Kier molecular flexibility index (Phi) is 6.72. The van der Waals surface area contributed by atoms with Crippen LogP contribution in [0.2, 0.25) is 5.02 Å². The van der Waals surface area contributed by atoms with E-state index in [9.17, 15) is 0 Å². The third-order valence-electron chi connectivity index (χ3n) is 3.73. The van der Waals surface area contributed by atoms with Gasteiger partial charge in [-0.2, -0.15) is 5.10 Å². The Morgan fingerprint density at radius 2 is 1.78 bits per heavy atom. The number of hydrazone groups is 1. The maximum atomic E-state index is 6.02. The van der Waals surface area contributed by atoms with Crippen LogP contribution in [0.3, 0.4) is 0 Å². The van der Waals surface area contributed by atoms with E-state index >= 15 is 0 Å². The van der Waals surface area contributed by atoms with Gasteiger partial charge in [-0.05, 0) is 60.5 Å². The maximum Gasteiger partial charge on any atom is 0.161 e. The van der Waals surface area contributed by atoms with E-state index in [2.05, 4.69) is 10.5 Å². The summed E-state index contributed by atoms with van der Waals surface area (Å²) in [5.74, 6) is 1.37. The molecule has 4 nitrogen and oxygen atoms in total. The highest BCUT2D eigenvalue weighted by Crippen LogP contribution is 2.29. The van der Waals surface area contributed by atoms with Gasteiger partial charge in [0.15, 0.2) is 11.5 Å². The van der Waals surface area contributed by atoms with E-state index in [-0.39, 0.29) is 0 Å². The van der Waals surface area contributed by atoms with Crippen molar-refractivity contribution in [3.05, 3.63) is 88.9 Å². The molecule has 0 aromatic heterocycles. The van der Waals surface area contributed by atoms with Crippen LogP contribution in [-0.2, 0) is 6.61 Å². The number of para-hydroxylation sites is 1. The molecule has 0 unspecified atom stereocenters. The molecule has 1 N–H and O–H groups in total. The largest absolute Gasteiger partial charge is 0.490 e. The Labute approximate surface area is 164 Å². The molecule has 0 aliphatic heterocycles. The van der Waals surface area contributed by atoms with Crippen LogP contribution < -0.4 is 14.9 Å². The number of benzene rings is 3. The SMILES string of the molecule is CCOc1cc(/C=N/Nc2ccccc2)ccc1OCc1cccc(Cl)c1. The van der Waals surface area contributed by atoms with Crippen LogP contribution in [0.25, 0.3) is 0 Å². The normalized spacial score (nSPS) is 10.7. The molecule has 0 saturated carbocycles. The van der Waals surface area contributed by atoms with Crippen LogP contribution in [0.1, 0.15) is 18.1 Å². The summed E-state index contributed by atoms with van der Waals surface area (Å²) in [6, 6.07) is 23.1. The lowest BCUT2D eigenvalue weighted by Crippen LogP contribution is -2.00. The third kappa shape index (κ3) is 5.76. The number of hydrogen-bond acceptors (Lipinski definition) is 4. The van der Waals surface area contributed by atoms with E-state index < -0.39 is 0 Å². The third-order valence-corrected chi connectivity index (χ3v) is 3.97. The summed E-state index contributed by atoms with van der Waals surface area (Å²) in [5.41, 5.74) is 5.84. The highest BCUT2D eigenvalue weighted by molar-refractivity contribution is 6.30. The fourth-order valence-electron chi connectivity index (χ4n) is 2.47. The van der Waals surface area contributed by atoms with Gasteiger partial charge in [0.25, 0.3) is 0 Å². The summed E-state index contributed by atoms with van der Waals surface area (Å²) in [6.45, 7) is 2.92. The highest BCUT2D eigenvalue weighted by atomic mass is 35.5. The van der Waals surface area contributed by atoms with E-state index in [4.69, 9.17) is 21.1 Å². The topological polar surface area (TPSA) is 42.8 Å². The Morgan fingerprint density at radius 3 is 2.56 bits per heavy atom. The van der Waals surface area contributed by atoms with Gasteiger partial charge in [-0.1, -0.05) is 41.9 Å². The molecule has 0 spiro atoms. The molecule has 3 aromatic rings. The van der Waals surface area contributed by atoms with Gasteiger partial charge in [0, 0.05) is 5.02 Å². The van der Waals surface area contributed by atoms with Crippen molar-refractivity contribution in [3.63, 3.8) is 0 Å². The number of ether oxygens (including phenoxy) is 2. The Hall–Kier alpha value is -2.98. The van der Waals surface area contributed by atoms with Crippen molar-refractivity contribution in [2.75, 3.05) is 12.0 Å². The average molecular weight is 381 g/mol. The number of nitrogens with zero attached hydrogens (tertiary/aromatic N) is 1. The van der Waals surface area contributed by atoms with E-state index in [1.807, 2.05) is 79.7 Å². The van der Waals surface area contributed by atoms with Crippen molar-refractivity contribution in [3.8, 4) is 11.5 Å². The lowest BCUT2D eigenvalue weighted by atomic mass is 10.2. The van der Waals surface area contributed by atoms with Gasteiger partial charge in [-0.25, -0.2) is 0 Å². The molecule has 27 heavy (non-hydrogen) atoms. The fraction of sp³-hybridized carbons (Fsp3) is 0.136. The lowest BCUT2D eigenvalue weighted by Gasteiger charge is -2.13. The molecule has 0 fully saturated rings. The Balaban J connectivity index is 1.68. The molecular formula is C22H21ClN2O2. The van der Waals surface area contributed by atoms with Crippen LogP contribution in [0.15, 0.2) is 77.9 Å². The lowest BCUT2D eigenvalue weighted by molar-refractivity contribution is 0.269. The first-order valence-electron chi connectivity index (χ1n) is 8.73. The van der Waals surface area contributed by atoms with Crippen LogP contribution >= 0.6 is 11.6 Å². The molecule has 0 radical (unpaired) electrons. The predicted molar refractivity (Wildman–Crippen MR) is 111 cm³/mol. The fourth-order valence-corrected chi connectivity index (χ4v) is 2.69. The number of halogens is 1. The molecule has 0 aliphatic rings. The molecule has 3 rings (SSSR count). The summed E-state index contributed by atoms with van der Waals surface area (Å²) < 4.78 is 11.6. The van der Waals surface area contributed by atoms with Crippen LogP contribution in [0.5, 0.6) is 11.5 Å². The maximum absolute atomic E-state index is 6.02. The standard InChI is InChI=1S/C22H21ClN2O2/c1-2-26-22-14-17(15-24-25-20-9-4-3-5-10-20)11-12-21(22)27-16-18-7-6-8-19(23)13-18/h3-15,25H,2,16H2,1H3/b24-15+. The second-order valence-electron chi connectivity index (χ2n) is 5.79. The molecule has 138 valence electrons. The molecular weight excluding hydrogens is 360 g/mol. The molecule has 3 aromatic carbocycles. The second kappa shape index (κ2) is 9.64. The van der Waals surface area contributed by atoms with Crippen molar-refractivity contribution in [2.24, 2.45) is 5.10 Å². The molecule has 0 atom stereocenters. The molecule has 0 amide bonds. The van der Waals surface area contributed by atoms with E-state index in [0.717, 1.165) is 16.8 Å². The molecule has 0 aliphatic carbocycles. The molecule has 0 bridgehead atoms. The first-order valence-corrected chi connectivity index (χ1v) is 9.10. The van der Waals surface area contributed by atoms with Crippen LogP contribution in [-0.4, -0.2) is 12.8 Å². The second-order valence-corrected chi connectivity index (χ2v) is 6.23. The monoisotopic (exact) mass is 380 g/mol. The summed E-state index contributed by atoms with van der Waals surface area (Å²) in [6.07, 6.45) is 1.75. The molecule has 5 heteroatoms. The summed E-state index contributed by atoms with van der Waals surface area (Å²) in [7, 11) is 0. The van der Waals surface area contributed by atoms with Gasteiger partial charge >= 0.3 is 0 Å². The van der Waals surface area contributed by atoms with Crippen molar-refractivity contribution >= 4 is 23.5 Å². The first kappa shape index (κ1) is 18.8. The zero-order valence-electron chi connectivity index (χ0n) is 15.1. The average Bonchev–Trinajstić information content (AvgIpc) is 2.68. The summed E-state index contributed by atoms with van der Waals surface area (Å²) >= 11 is 6.02. The zero-order valence-corrected chi connectivity index (χ0v) is 15.8. The van der Waals surface area contributed by atoms with E-state index in [1.54, 1.807) is 6.21 Å². The predicted octanol–water partition coefficient (Wildman–Crippen LogP) is 5.76. The smallest absolute Gasteiger partial charge is 0.161 e. The van der Waals surface area contributed by atoms with E-state index in [0.29, 0.717) is 29.7 Å². The minimum absolute atomic E-state index is 0.420. The minimum atomic E-state index is 0.420.